The van der Waals surface area contributed by atoms with Crippen molar-refractivity contribution >= 4 is 29.0 Å². The lowest BCUT2D eigenvalue weighted by atomic mass is 9.93. The van der Waals surface area contributed by atoms with Gasteiger partial charge < -0.3 is 0 Å². The molecule has 0 bridgehead atoms. The van der Waals surface area contributed by atoms with E-state index in [0.717, 1.165) is 18.4 Å². The Kier molecular flexibility index (Phi) is 5.30. The Morgan fingerprint density at radius 3 is 2.38 bits per heavy atom. The number of carbonyl (C=O) groups excluding carboxylic acids is 1. The van der Waals surface area contributed by atoms with Crippen molar-refractivity contribution in [2.24, 2.45) is 5.92 Å². The number of hydrogen-bond donors (Lipinski definition) is 0. The zero-order valence-electron chi connectivity index (χ0n) is 9.59. The van der Waals surface area contributed by atoms with E-state index in [1.54, 1.807) is 12.1 Å². The maximum absolute atomic E-state index is 11.9. The smallest absolute Gasteiger partial charge is 0.140 e. The number of ketones is 1. The Bertz CT molecular complexity index is 370. The van der Waals surface area contributed by atoms with E-state index in [0.29, 0.717) is 16.5 Å². The summed E-state index contributed by atoms with van der Waals surface area (Å²) >= 11 is 11.8. The largest absolute Gasteiger partial charge is 0.299 e. The highest BCUT2D eigenvalue weighted by molar-refractivity contribution is 6.35. The molecule has 1 aromatic carbocycles. The molecule has 0 saturated carbocycles. The van der Waals surface area contributed by atoms with Crippen molar-refractivity contribution < 1.29 is 4.79 Å². The first kappa shape index (κ1) is 13.5. The van der Waals surface area contributed by atoms with Crippen molar-refractivity contribution in [3.63, 3.8) is 0 Å². The van der Waals surface area contributed by atoms with Gasteiger partial charge in [-0.3, -0.25) is 4.79 Å². The fourth-order valence-corrected chi connectivity index (χ4v) is 2.22. The third-order valence-electron chi connectivity index (χ3n) is 2.82. The van der Waals surface area contributed by atoms with Gasteiger partial charge >= 0.3 is 0 Å². The molecule has 16 heavy (non-hydrogen) atoms. The molecule has 0 aromatic heterocycles. The lowest BCUT2D eigenvalue weighted by Crippen LogP contribution is -2.15. The summed E-state index contributed by atoms with van der Waals surface area (Å²) in [5.41, 5.74) is 0.864. The minimum Gasteiger partial charge on any atom is -0.299 e. The van der Waals surface area contributed by atoms with Gasteiger partial charge in [-0.05, 0) is 30.5 Å². The topological polar surface area (TPSA) is 17.1 Å². The van der Waals surface area contributed by atoms with Crippen molar-refractivity contribution in [1.82, 2.24) is 0 Å². The molecule has 3 heteroatoms. The number of hydrogen-bond acceptors (Lipinski definition) is 1. The summed E-state index contributed by atoms with van der Waals surface area (Å²) in [5, 5.41) is 1.18. The van der Waals surface area contributed by atoms with E-state index in [1.165, 1.54) is 0 Å². The fourth-order valence-electron chi connectivity index (χ4n) is 1.74. The van der Waals surface area contributed by atoms with Crippen molar-refractivity contribution in [3.8, 4) is 0 Å². The van der Waals surface area contributed by atoms with Crippen LogP contribution in [-0.4, -0.2) is 5.78 Å². The van der Waals surface area contributed by atoms with Gasteiger partial charge in [-0.2, -0.15) is 0 Å². The minimum atomic E-state index is 0.145. The quantitative estimate of drug-likeness (QED) is 0.758. The maximum Gasteiger partial charge on any atom is 0.140 e. The van der Waals surface area contributed by atoms with Gasteiger partial charge in [-0.1, -0.05) is 43.1 Å². The molecule has 0 aliphatic carbocycles. The van der Waals surface area contributed by atoms with Crippen molar-refractivity contribution in [1.29, 1.82) is 0 Å². The fraction of sp³-hybridized carbons (Fsp3) is 0.462. The second-order valence-corrected chi connectivity index (χ2v) is 4.74. The molecule has 0 saturated heterocycles. The Morgan fingerprint density at radius 2 is 1.88 bits per heavy atom. The molecule has 0 radical (unpaired) electrons. The molecule has 1 nitrogen and oxygen atoms in total. The van der Waals surface area contributed by atoms with Gasteiger partial charge in [0.05, 0.1) is 0 Å². The van der Waals surface area contributed by atoms with E-state index in [-0.39, 0.29) is 11.7 Å². The van der Waals surface area contributed by atoms with Gasteiger partial charge in [-0.25, -0.2) is 0 Å². The Labute approximate surface area is 107 Å². The van der Waals surface area contributed by atoms with Gasteiger partial charge in [0.25, 0.3) is 0 Å². The predicted molar refractivity (Wildman–Crippen MR) is 69.2 cm³/mol. The van der Waals surface area contributed by atoms with Crippen LogP contribution in [-0.2, 0) is 11.2 Å². The van der Waals surface area contributed by atoms with Gasteiger partial charge in [0, 0.05) is 22.4 Å². The number of halogens is 2. The van der Waals surface area contributed by atoms with E-state index < -0.39 is 0 Å². The molecule has 0 spiro atoms. The van der Waals surface area contributed by atoms with Crippen LogP contribution in [0.15, 0.2) is 18.2 Å². The average molecular weight is 259 g/mol. The molecular weight excluding hydrogens is 243 g/mol. The van der Waals surface area contributed by atoms with Crippen molar-refractivity contribution in [2.75, 3.05) is 0 Å². The second kappa shape index (κ2) is 6.27. The first-order valence-corrected chi connectivity index (χ1v) is 6.30. The molecular formula is C13H16Cl2O. The van der Waals surface area contributed by atoms with E-state index in [4.69, 9.17) is 23.2 Å². The van der Waals surface area contributed by atoms with Crippen LogP contribution in [0.25, 0.3) is 0 Å². The van der Waals surface area contributed by atoms with Crippen LogP contribution in [0, 0.1) is 5.92 Å². The van der Waals surface area contributed by atoms with E-state index in [9.17, 15) is 4.79 Å². The second-order valence-electron chi connectivity index (χ2n) is 3.89. The Hall–Kier alpha value is -0.530. The zero-order valence-corrected chi connectivity index (χ0v) is 11.1. The monoisotopic (exact) mass is 258 g/mol. The van der Waals surface area contributed by atoms with Gasteiger partial charge in [-0.15, -0.1) is 0 Å². The third-order valence-corrected chi connectivity index (χ3v) is 3.41. The highest BCUT2D eigenvalue weighted by atomic mass is 35.5. The first-order chi connectivity index (χ1) is 7.58. The molecule has 0 unspecified atom stereocenters. The number of Topliss-reactive ketones (excluding diaryl/α,β-unsaturated/α-hetero) is 1. The molecule has 0 fully saturated rings. The van der Waals surface area contributed by atoms with Crippen molar-refractivity contribution in [3.05, 3.63) is 33.8 Å². The van der Waals surface area contributed by atoms with Gasteiger partial charge in [0.1, 0.15) is 5.78 Å². The number of carbonyl (C=O) groups is 1. The zero-order chi connectivity index (χ0) is 12.1. The lowest BCUT2D eigenvalue weighted by Gasteiger charge is -2.11. The van der Waals surface area contributed by atoms with E-state index in [2.05, 4.69) is 0 Å². The third kappa shape index (κ3) is 3.50. The van der Waals surface area contributed by atoms with Crippen molar-refractivity contribution in [2.45, 2.75) is 33.1 Å². The summed E-state index contributed by atoms with van der Waals surface area (Å²) in [6.45, 7) is 4.07. The van der Waals surface area contributed by atoms with Gasteiger partial charge in [0.2, 0.25) is 0 Å². The van der Waals surface area contributed by atoms with Crippen LogP contribution in [0.4, 0.5) is 0 Å². The van der Waals surface area contributed by atoms with Crippen LogP contribution in [0.2, 0.25) is 10.0 Å². The highest BCUT2D eigenvalue weighted by Crippen LogP contribution is 2.23. The standard InChI is InChI=1S/C13H16Cl2O/c1-3-9(4-2)13(16)7-10-5-6-11(14)8-12(10)15/h5-6,8-9H,3-4,7H2,1-2H3. The maximum atomic E-state index is 11.9. The summed E-state index contributed by atoms with van der Waals surface area (Å²) in [6, 6.07) is 5.27. The Morgan fingerprint density at radius 1 is 1.25 bits per heavy atom. The van der Waals surface area contributed by atoms with E-state index in [1.807, 2.05) is 19.9 Å². The summed E-state index contributed by atoms with van der Waals surface area (Å²) in [4.78, 5) is 11.9. The molecule has 1 rings (SSSR count). The number of benzene rings is 1. The highest BCUT2D eigenvalue weighted by Gasteiger charge is 2.15. The number of rotatable bonds is 5. The van der Waals surface area contributed by atoms with Gasteiger partial charge in [0.15, 0.2) is 0 Å². The summed E-state index contributed by atoms with van der Waals surface area (Å²) < 4.78 is 0. The predicted octanol–water partition coefficient (Wildman–Crippen LogP) is 4.54. The normalized spacial score (nSPS) is 10.8. The molecule has 0 aliphatic rings. The van der Waals surface area contributed by atoms with Crippen LogP contribution in [0.5, 0.6) is 0 Å². The minimum absolute atomic E-state index is 0.145. The van der Waals surface area contributed by atoms with Crippen LogP contribution < -0.4 is 0 Å². The molecule has 1 aromatic rings. The summed E-state index contributed by atoms with van der Waals surface area (Å²) in [6.07, 6.45) is 2.18. The van der Waals surface area contributed by atoms with E-state index >= 15 is 0 Å². The van der Waals surface area contributed by atoms with Crippen LogP contribution >= 0.6 is 23.2 Å². The molecule has 0 N–H and O–H groups in total. The summed E-state index contributed by atoms with van der Waals surface area (Å²) in [7, 11) is 0. The molecule has 0 aliphatic heterocycles. The molecule has 0 heterocycles. The average Bonchev–Trinajstić information content (AvgIpc) is 2.24. The lowest BCUT2D eigenvalue weighted by molar-refractivity contribution is -0.122. The SMILES string of the molecule is CCC(CC)C(=O)Cc1ccc(Cl)cc1Cl. The van der Waals surface area contributed by atoms with Crippen LogP contribution in [0.3, 0.4) is 0 Å². The molecule has 0 amide bonds. The Balaban J connectivity index is 2.76. The summed E-state index contributed by atoms with van der Waals surface area (Å²) in [5.74, 6) is 0.404. The molecule has 88 valence electrons. The molecule has 0 atom stereocenters. The van der Waals surface area contributed by atoms with Crippen LogP contribution in [0.1, 0.15) is 32.3 Å². The first-order valence-electron chi connectivity index (χ1n) is 5.55.